The highest BCUT2D eigenvalue weighted by Crippen LogP contribution is 2.22. The fourth-order valence-corrected chi connectivity index (χ4v) is 2.65. The van der Waals surface area contributed by atoms with Crippen LogP contribution >= 0.6 is 24.8 Å². The molecule has 1 aliphatic heterocycles. The highest BCUT2D eigenvalue weighted by atomic mass is 35.5. The second-order valence-electron chi connectivity index (χ2n) is 5.63. The number of carbonyl (C=O) groups excluding carboxylic acids is 1. The van der Waals surface area contributed by atoms with Crippen LogP contribution < -0.4 is 16.2 Å². The second-order valence-corrected chi connectivity index (χ2v) is 5.63. The standard InChI is InChI=1S/C15H23N3O2.2ClH/c1-11(13-3-2-6-16-10-13)7-15(20)18-9-12-4-5-14(19)17-8-12;;/h4-5,8,11,13,16H,2-3,6-7,9-10H2,1H3,(H,17,19)(H,18,20);2*1H. The topological polar surface area (TPSA) is 74.0 Å². The summed E-state index contributed by atoms with van der Waals surface area (Å²) >= 11 is 0. The van der Waals surface area contributed by atoms with Crippen LogP contribution in [0.5, 0.6) is 0 Å². The summed E-state index contributed by atoms with van der Waals surface area (Å²) in [6.45, 7) is 4.73. The molecule has 0 aromatic carbocycles. The molecule has 0 bridgehead atoms. The molecule has 22 heavy (non-hydrogen) atoms. The third-order valence-electron chi connectivity index (χ3n) is 3.99. The predicted octanol–water partition coefficient (Wildman–Crippen LogP) is 1.86. The Bertz CT molecular complexity index is 481. The van der Waals surface area contributed by atoms with E-state index in [9.17, 15) is 9.59 Å². The second kappa shape index (κ2) is 10.6. The van der Waals surface area contributed by atoms with Crippen molar-refractivity contribution >= 4 is 30.7 Å². The minimum atomic E-state index is -0.126. The van der Waals surface area contributed by atoms with Crippen molar-refractivity contribution in [3.63, 3.8) is 0 Å². The van der Waals surface area contributed by atoms with E-state index in [1.165, 1.54) is 18.9 Å². The van der Waals surface area contributed by atoms with E-state index in [1.54, 1.807) is 12.3 Å². The van der Waals surface area contributed by atoms with Crippen LogP contribution in [-0.4, -0.2) is 24.0 Å². The van der Waals surface area contributed by atoms with E-state index in [1.807, 2.05) is 0 Å². The molecule has 7 heteroatoms. The van der Waals surface area contributed by atoms with E-state index in [2.05, 4.69) is 22.5 Å². The van der Waals surface area contributed by atoms with E-state index < -0.39 is 0 Å². The lowest BCUT2D eigenvalue weighted by molar-refractivity contribution is -0.122. The molecule has 1 aromatic rings. The third kappa shape index (κ3) is 6.81. The quantitative estimate of drug-likeness (QED) is 0.759. The zero-order valence-corrected chi connectivity index (χ0v) is 14.4. The molecular formula is C15H25Cl2N3O2. The fourth-order valence-electron chi connectivity index (χ4n) is 2.65. The Balaban J connectivity index is 0.00000220. The number of aromatic amines is 1. The van der Waals surface area contributed by atoms with Gasteiger partial charge in [0.15, 0.2) is 0 Å². The van der Waals surface area contributed by atoms with E-state index >= 15 is 0 Å². The fraction of sp³-hybridized carbons (Fsp3) is 0.600. The predicted molar refractivity (Wildman–Crippen MR) is 92.8 cm³/mol. The summed E-state index contributed by atoms with van der Waals surface area (Å²) in [5, 5.41) is 6.29. The highest BCUT2D eigenvalue weighted by molar-refractivity contribution is 5.85. The van der Waals surface area contributed by atoms with Crippen molar-refractivity contribution in [3.05, 3.63) is 34.2 Å². The average Bonchev–Trinajstić information content (AvgIpc) is 2.47. The maximum atomic E-state index is 11.9. The molecule has 5 nitrogen and oxygen atoms in total. The molecule has 1 aliphatic rings. The number of aromatic nitrogens is 1. The van der Waals surface area contributed by atoms with Gasteiger partial charge in [0.25, 0.3) is 0 Å². The van der Waals surface area contributed by atoms with Gasteiger partial charge in [0.05, 0.1) is 0 Å². The van der Waals surface area contributed by atoms with Crippen molar-refractivity contribution in [3.8, 4) is 0 Å². The Hall–Kier alpha value is -1.04. The summed E-state index contributed by atoms with van der Waals surface area (Å²) in [6, 6.07) is 3.20. The zero-order chi connectivity index (χ0) is 14.4. The number of halogens is 2. The normalized spacial score (nSPS) is 18.5. The lowest BCUT2D eigenvalue weighted by atomic mass is 9.85. The number of nitrogens with one attached hydrogen (secondary N) is 3. The Labute approximate surface area is 143 Å². The molecule has 2 unspecified atom stereocenters. The van der Waals surface area contributed by atoms with Crippen LogP contribution in [0.3, 0.4) is 0 Å². The number of pyridine rings is 1. The first-order chi connectivity index (χ1) is 9.65. The van der Waals surface area contributed by atoms with Crippen molar-refractivity contribution in [1.82, 2.24) is 15.6 Å². The molecule has 0 spiro atoms. The summed E-state index contributed by atoms with van der Waals surface area (Å²) < 4.78 is 0. The number of H-pyrrole nitrogens is 1. The SMILES string of the molecule is CC(CC(=O)NCc1ccc(=O)[nH]c1)C1CCCNC1.Cl.Cl. The summed E-state index contributed by atoms with van der Waals surface area (Å²) in [5.41, 5.74) is 0.781. The van der Waals surface area contributed by atoms with E-state index in [0.29, 0.717) is 24.8 Å². The largest absolute Gasteiger partial charge is 0.352 e. The molecule has 0 radical (unpaired) electrons. The minimum absolute atomic E-state index is 0. The third-order valence-corrected chi connectivity index (χ3v) is 3.99. The number of rotatable bonds is 5. The Morgan fingerprint density at radius 1 is 1.41 bits per heavy atom. The van der Waals surface area contributed by atoms with E-state index in [0.717, 1.165) is 18.7 Å². The summed E-state index contributed by atoms with van der Waals surface area (Å²) in [5.74, 6) is 1.08. The van der Waals surface area contributed by atoms with Crippen LogP contribution in [0.15, 0.2) is 23.1 Å². The molecule has 1 saturated heterocycles. The summed E-state index contributed by atoms with van der Waals surface area (Å²) in [7, 11) is 0. The van der Waals surface area contributed by atoms with E-state index in [-0.39, 0.29) is 36.3 Å². The van der Waals surface area contributed by atoms with Crippen molar-refractivity contribution in [2.75, 3.05) is 13.1 Å². The first-order valence-corrected chi connectivity index (χ1v) is 7.30. The molecule has 0 saturated carbocycles. The van der Waals surface area contributed by atoms with Gasteiger partial charge in [-0.15, -0.1) is 24.8 Å². The Morgan fingerprint density at radius 2 is 2.18 bits per heavy atom. The van der Waals surface area contributed by atoms with Gasteiger partial charge in [0, 0.05) is 25.2 Å². The van der Waals surface area contributed by atoms with Crippen LogP contribution in [0.2, 0.25) is 0 Å². The molecule has 2 rings (SSSR count). The van der Waals surface area contributed by atoms with Crippen LogP contribution in [0, 0.1) is 11.8 Å². The van der Waals surface area contributed by atoms with Crippen LogP contribution in [-0.2, 0) is 11.3 Å². The number of piperidine rings is 1. The molecule has 0 aliphatic carbocycles. The summed E-state index contributed by atoms with van der Waals surface area (Å²) in [4.78, 5) is 25.5. The monoisotopic (exact) mass is 349 g/mol. The van der Waals surface area contributed by atoms with Gasteiger partial charge in [-0.25, -0.2) is 0 Å². The first kappa shape index (κ1) is 21.0. The maximum Gasteiger partial charge on any atom is 0.247 e. The van der Waals surface area contributed by atoms with Crippen molar-refractivity contribution in [2.24, 2.45) is 11.8 Å². The average molecular weight is 350 g/mol. The molecule has 1 amide bonds. The van der Waals surface area contributed by atoms with Crippen LogP contribution in [0.25, 0.3) is 0 Å². The van der Waals surface area contributed by atoms with Gasteiger partial charge in [0.1, 0.15) is 0 Å². The molecule has 1 aromatic heterocycles. The van der Waals surface area contributed by atoms with Gasteiger partial charge in [-0.3, -0.25) is 9.59 Å². The molecular weight excluding hydrogens is 325 g/mol. The van der Waals surface area contributed by atoms with Gasteiger partial charge in [0.2, 0.25) is 11.5 Å². The smallest absolute Gasteiger partial charge is 0.247 e. The number of amides is 1. The van der Waals surface area contributed by atoms with Gasteiger partial charge in [-0.05, 0) is 43.3 Å². The zero-order valence-electron chi connectivity index (χ0n) is 12.8. The molecule has 1 fully saturated rings. The number of carbonyl (C=O) groups is 1. The molecule has 2 atom stereocenters. The first-order valence-electron chi connectivity index (χ1n) is 7.30. The highest BCUT2D eigenvalue weighted by Gasteiger charge is 2.21. The van der Waals surface area contributed by atoms with Gasteiger partial charge < -0.3 is 15.6 Å². The van der Waals surface area contributed by atoms with Crippen LogP contribution in [0.1, 0.15) is 31.7 Å². The van der Waals surface area contributed by atoms with Gasteiger partial charge in [-0.2, -0.15) is 0 Å². The van der Waals surface area contributed by atoms with Gasteiger partial charge in [-0.1, -0.05) is 13.0 Å². The lowest BCUT2D eigenvalue weighted by Gasteiger charge is -2.28. The van der Waals surface area contributed by atoms with Crippen LogP contribution in [0.4, 0.5) is 0 Å². The molecule has 3 N–H and O–H groups in total. The Morgan fingerprint density at radius 3 is 2.77 bits per heavy atom. The maximum absolute atomic E-state index is 11.9. The molecule has 2 heterocycles. The summed E-state index contributed by atoms with van der Waals surface area (Å²) in [6.07, 6.45) is 4.61. The molecule has 126 valence electrons. The minimum Gasteiger partial charge on any atom is -0.352 e. The van der Waals surface area contributed by atoms with Gasteiger partial charge >= 0.3 is 0 Å². The Kier molecular flexibility index (Phi) is 10.1. The number of hydrogen-bond donors (Lipinski definition) is 3. The van der Waals surface area contributed by atoms with Crippen molar-refractivity contribution in [1.29, 1.82) is 0 Å². The van der Waals surface area contributed by atoms with E-state index in [4.69, 9.17) is 0 Å². The number of hydrogen-bond acceptors (Lipinski definition) is 3. The lowest BCUT2D eigenvalue weighted by Crippen LogP contribution is -2.35. The van der Waals surface area contributed by atoms with Crippen molar-refractivity contribution in [2.45, 2.75) is 32.7 Å². The van der Waals surface area contributed by atoms with Crippen molar-refractivity contribution < 1.29 is 4.79 Å².